The van der Waals surface area contributed by atoms with E-state index in [1.165, 1.54) is 4.90 Å². The number of hydrogen-bond acceptors (Lipinski definition) is 5. The van der Waals surface area contributed by atoms with Gasteiger partial charge in [0.2, 0.25) is 0 Å². The van der Waals surface area contributed by atoms with Crippen molar-refractivity contribution >= 4 is 29.2 Å². The summed E-state index contributed by atoms with van der Waals surface area (Å²) < 4.78 is 7.89. The number of rotatable bonds is 9. The minimum absolute atomic E-state index is 0.206. The van der Waals surface area contributed by atoms with Gasteiger partial charge >= 0.3 is 6.09 Å². The predicted octanol–water partition coefficient (Wildman–Crippen LogP) is 5.91. The minimum atomic E-state index is -1.05. The Bertz CT molecular complexity index is 1430. The average Bonchev–Trinajstić information content (AvgIpc) is 3.31. The first-order chi connectivity index (χ1) is 19.4. The quantitative estimate of drug-likeness (QED) is 0.275. The number of carbonyl (C=O) groups is 1. The standard InChI is InChI=1S/C31H34ClN5O3/c1-23-18-30(36(31(38)39)20-24-8-11-28(12-9-24)35-16-14-34(2)15-17-35)33-37(23)21-26-19-27(32)10-13-29(26)40-22-25-6-4-3-5-7-25/h3-13,18-19H,14-17,20-22H2,1-2H3,(H,38,39). The Morgan fingerprint density at radius 1 is 0.975 bits per heavy atom. The van der Waals surface area contributed by atoms with Crippen molar-refractivity contribution < 1.29 is 14.6 Å². The largest absolute Gasteiger partial charge is 0.489 e. The number of anilines is 2. The Labute approximate surface area is 240 Å². The number of halogens is 1. The first-order valence-electron chi connectivity index (χ1n) is 13.4. The number of amides is 1. The van der Waals surface area contributed by atoms with Crippen LogP contribution < -0.4 is 14.5 Å². The molecule has 0 radical (unpaired) electrons. The molecule has 8 nitrogen and oxygen atoms in total. The lowest BCUT2D eigenvalue weighted by atomic mass is 10.1. The van der Waals surface area contributed by atoms with Crippen molar-refractivity contribution in [2.45, 2.75) is 26.6 Å². The molecule has 1 aliphatic heterocycles. The van der Waals surface area contributed by atoms with Gasteiger partial charge in [-0.2, -0.15) is 5.10 Å². The Balaban J connectivity index is 1.30. The smallest absolute Gasteiger partial charge is 0.413 e. The fourth-order valence-corrected chi connectivity index (χ4v) is 4.99. The Kier molecular flexibility index (Phi) is 8.57. The number of aryl methyl sites for hydroxylation is 1. The third-order valence-electron chi connectivity index (χ3n) is 7.20. The van der Waals surface area contributed by atoms with E-state index in [1.807, 2.05) is 61.5 Å². The first-order valence-corrected chi connectivity index (χ1v) is 13.8. The van der Waals surface area contributed by atoms with E-state index in [2.05, 4.69) is 34.1 Å². The monoisotopic (exact) mass is 559 g/mol. The van der Waals surface area contributed by atoms with Crippen molar-refractivity contribution in [3.05, 3.63) is 106 Å². The summed E-state index contributed by atoms with van der Waals surface area (Å²) >= 11 is 6.32. The fraction of sp³-hybridized carbons (Fsp3) is 0.290. The molecule has 40 heavy (non-hydrogen) atoms. The maximum atomic E-state index is 12.3. The maximum Gasteiger partial charge on any atom is 0.413 e. The number of carboxylic acid groups (broad SMARTS) is 1. The minimum Gasteiger partial charge on any atom is -0.489 e. The van der Waals surface area contributed by atoms with Gasteiger partial charge in [0, 0.05) is 54.2 Å². The molecule has 208 valence electrons. The van der Waals surface area contributed by atoms with Gasteiger partial charge in [0.1, 0.15) is 12.4 Å². The molecule has 1 saturated heterocycles. The van der Waals surface area contributed by atoms with E-state index < -0.39 is 6.09 Å². The second-order valence-electron chi connectivity index (χ2n) is 10.2. The third kappa shape index (κ3) is 6.76. The van der Waals surface area contributed by atoms with Gasteiger partial charge in [0.15, 0.2) is 5.82 Å². The summed E-state index contributed by atoms with van der Waals surface area (Å²) in [5.41, 5.74) is 4.82. The molecule has 1 N–H and O–H groups in total. The number of aromatic nitrogens is 2. The van der Waals surface area contributed by atoms with Crippen molar-refractivity contribution in [1.29, 1.82) is 0 Å². The third-order valence-corrected chi connectivity index (χ3v) is 7.44. The molecule has 9 heteroatoms. The molecule has 1 amide bonds. The molecule has 0 saturated carbocycles. The van der Waals surface area contributed by atoms with Gasteiger partial charge in [-0.25, -0.2) is 4.79 Å². The zero-order chi connectivity index (χ0) is 28.1. The molecule has 0 bridgehead atoms. The molecule has 0 atom stereocenters. The normalized spacial score (nSPS) is 13.8. The van der Waals surface area contributed by atoms with E-state index >= 15 is 0 Å². The van der Waals surface area contributed by atoms with Crippen LogP contribution in [-0.2, 0) is 19.7 Å². The van der Waals surface area contributed by atoms with E-state index in [1.54, 1.807) is 16.8 Å². The van der Waals surface area contributed by atoms with Gasteiger partial charge in [-0.05, 0) is 55.4 Å². The molecule has 0 spiro atoms. The Hall–Kier alpha value is -4.01. The lowest BCUT2D eigenvalue weighted by molar-refractivity contribution is 0.201. The van der Waals surface area contributed by atoms with Crippen molar-refractivity contribution in [2.24, 2.45) is 0 Å². The van der Waals surface area contributed by atoms with Gasteiger partial charge in [0.25, 0.3) is 0 Å². The lowest BCUT2D eigenvalue weighted by Gasteiger charge is -2.34. The van der Waals surface area contributed by atoms with E-state index in [0.29, 0.717) is 29.7 Å². The molecule has 2 heterocycles. The van der Waals surface area contributed by atoms with Crippen LogP contribution in [0.15, 0.2) is 78.9 Å². The second-order valence-corrected chi connectivity index (χ2v) is 10.6. The van der Waals surface area contributed by atoms with Crippen LogP contribution >= 0.6 is 11.6 Å². The summed E-state index contributed by atoms with van der Waals surface area (Å²) in [6.45, 7) is 6.98. The molecule has 0 aliphatic carbocycles. The number of nitrogens with zero attached hydrogens (tertiary/aromatic N) is 5. The van der Waals surface area contributed by atoms with Crippen LogP contribution in [0, 0.1) is 6.92 Å². The van der Waals surface area contributed by atoms with E-state index in [4.69, 9.17) is 16.3 Å². The van der Waals surface area contributed by atoms with Gasteiger partial charge < -0.3 is 19.6 Å². The van der Waals surface area contributed by atoms with Gasteiger partial charge in [-0.15, -0.1) is 0 Å². The summed E-state index contributed by atoms with van der Waals surface area (Å²) in [6.07, 6.45) is -1.05. The second kappa shape index (κ2) is 12.4. The molecule has 5 rings (SSSR count). The Morgan fingerprint density at radius 3 is 2.40 bits per heavy atom. The maximum absolute atomic E-state index is 12.3. The highest BCUT2D eigenvalue weighted by Gasteiger charge is 2.21. The zero-order valence-electron chi connectivity index (χ0n) is 22.8. The molecule has 1 aliphatic rings. The van der Waals surface area contributed by atoms with Crippen LogP contribution in [0.3, 0.4) is 0 Å². The number of benzene rings is 3. The highest BCUT2D eigenvalue weighted by molar-refractivity contribution is 6.30. The molecular weight excluding hydrogens is 526 g/mol. The molecular formula is C31H34ClN5O3. The van der Waals surface area contributed by atoms with Crippen molar-refractivity contribution in [1.82, 2.24) is 14.7 Å². The molecule has 0 unspecified atom stereocenters. The lowest BCUT2D eigenvalue weighted by Crippen LogP contribution is -2.44. The number of ether oxygens (including phenoxy) is 1. The first kappa shape index (κ1) is 27.6. The fourth-order valence-electron chi connectivity index (χ4n) is 4.80. The SMILES string of the molecule is Cc1cc(N(Cc2ccc(N3CCN(C)CC3)cc2)C(=O)O)nn1Cc1cc(Cl)ccc1OCc1ccccc1. The summed E-state index contributed by atoms with van der Waals surface area (Å²) in [6, 6.07) is 25.4. The number of hydrogen-bond donors (Lipinski definition) is 1. The van der Waals surface area contributed by atoms with Crippen molar-refractivity contribution in [2.75, 3.05) is 43.0 Å². The molecule has 1 fully saturated rings. The highest BCUT2D eigenvalue weighted by atomic mass is 35.5. The van der Waals surface area contributed by atoms with E-state index in [-0.39, 0.29) is 6.54 Å². The zero-order valence-corrected chi connectivity index (χ0v) is 23.6. The predicted molar refractivity (Wildman–Crippen MR) is 159 cm³/mol. The van der Waals surface area contributed by atoms with Crippen LogP contribution in [0.2, 0.25) is 5.02 Å². The highest BCUT2D eigenvalue weighted by Crippen LogP contribution is 2.27. The average molecular weight is 560 g/mol. The summed E-state index contributed by atoms with van der Waals surface area (Å²) in [7, 11) is 2.14. The Morgan fingerprint density at radius 2 is 1.70 bits per heavy atom. The molecule has 1 aromatic heterocycles. The van der Waals surface area contributed by atoms with Gasteiger partial charge in [0.05, 0.1) is 13.1 Å². The van der Waals surface area contributed by atoms with E-state index in [0.717, 1.165) is 54.3 Å². The molecule has 4 aromatic rings. The summed E-state index contributed by atoms with van der Waals surface area (Å²) in [4.78, 5) is 18.2. The topological polar surface area (TPSA) is 74.1 Å². The van der Waals surface area contributed by atoms with Crippen molar-refractivity contribution in [3.63, 3.8) is 0 Å². The van der Waals surface area contributed by atoms with Gasteiger partial charge in [-0.3, -0.25) is 9.58 Å². The van der Waals surface area contributed by atoms with Gasteiger partial charge in [-0.1, -0.05) is 54.1 Å². The number of likely N-dealkylation sites (N-methyl/N-ethyl adjacent to an activating group) is 1. The summed E-state index contributed by atoms with van der Waals surface area (Å²) in [5, 5.41) is 15.3. The van der Waals surface area contributed by atoms with Crippen LogP contribution in [0.1, 0.15) is 22.4 Å². The van der Waals surface area contributed by atoms with Crippen LogP contribution in [0.25, 0.3) is 0 Å². The van der Waals surface area contributed by atoms with E-state index in [9.17, 15) is 9.90 Å². The number of piperazine rings is 1. The van der Waals surface area contributed by atoms with Crippen LogP contribution in [0.4, 0.5) is 16.3 Å². The van der Waals surface area contributed by atoms with Crippen LogP contribution in [-0.4, -0.2) is 59.1 Å². The summed E-state index contributed by atoms with van der Waals surface area (Å²) in [5.74, 6) is 1.09. The molecule has 3 aromatic carbocycles. The van der Waals surface area contributed by atoms with Crippen LogP contribution in [0.5, 0.6) is 5.75 Å². The van der Waals surface area contributed by atoms with Crippen molar-refractivity contribution in [3.8, 4) is 5.75 Å².